The van der Waals surface area contributed by atoms with E-state index >= 15 is 0 Å². The standard InChI is InChI=1S/C27H34N6O4/c1-17(19-8-5-7-18(11-19)13-28)33-21-12-23(25(33)35)31(15-21)16-22(30-26(36)37-27(2,3)4)24(34)32-10-6-9-20(32)14-29/h5,7-8,11,17,20-23H,6,9-10,12,15-16H2,1-4H3,(H,30,36)/t17?,20-,21-,22-,23-/m0/s1. The third kappa shape index (κ3) is 5.55. The van der Waals surface area contributed by atoms with Crippen LogP contribution in [0.25, 0.3) is 0 Å². The average molecular weight is 507 g/mol. The van der Waals surface area contributed by atoms with Gasteiger partial charge in [-0.15, -0.1) is 0 Å². The van der Waals surface area contributed by atoms with Crippen molar-refractivity contribution in [3.8, 4) is 12.1 Å². The van der Waals surface area contributed by atoms with Crippen LogP contribution in [-0.2, 0) is 14.3 Å². The lowest BCUT2D eigenvalue weighted by Gasteiger charge is -2.39. The van der Waals surface area contributed by atoms with Crippen molar-refractivity contribution in [1.82, 2.24) is 20.0 Å². The molecule has 1 N–H and O–H groups in total. The molecule has 3 fully saturated rings. The molecule has 1 aromatic carbocycles. The van der Waals surface area contributed by atoms with Gasteiger partial charge in [0.2, 0.25) is 11.8 Å². The number of benzene rings is 1. The van der Waals surface area contributed by atoms with Gasteiger partial charge in [-0.2, -0.15) is 10.5 Å². The van der Waals surface area contributed by atoms with Gasteiger partial charge in [0.05, 0.1) is 29.8 Å². The van der Waals surface area contributed by atoms with Crippen molar-refractivity contribution in [3.05, 3.63) is 35.4 Å². The van der Waals surface area contributed by atoms with E-state index < -0.39 is 29.8 Å². The van der Waals surface area contributed by atoms with Crippen molar-refractivity contribution in [1.29, 1.82) is 10.5 Å². The number of carbonyl (C=O) groups excluding carboxylic acids is 3. The molecule has 3 amide bonds. The predicted octanol–water partition coefficient (Wildman–Crippen LogP) is 2.31. The van der Waals surface area contributed by atoms with E-state index in [1.807, 2.05) is 34.9 Å². The Hall–Kier alpha value is -3.63. The molecule has 0 spiro atoms. The highest BCUT2D eigenvalue weighted by molar-refractivity contribution is 5.88. The van der Waals surface area contributed by atoms with Crippen LogP contribution in [0.3, 0.4) is 0 Å². The number of nitrogens with zero attached hydrogens (tertiary/aromatic N) is 5. The Morgan fingerprint density at radius 2 is 2.03 bits per heavy atom. The Morgan fingerprint density at radius 3 is 2.68 bits per heavy atom. The molecule has 0 saturated carbocycles. The van der Waals surface area contributed by atoms with Gasteiger partial charge in [-0.3, -0.25) is 14.5 Å². The maximum absolute atomic E-state index is 13.5. The fourth-order valence-corrected chi connectivity index (χ4v) is 5.66. The van der Waals surface area contributed by atoms with Crippen LogP contribution in [0.2, 0.25) is 0 Å². The second-order valence-corrected chi connectivity index (χ2v) is 11.0. The summed E-state index contributed by atoms with van der Waals surface area (Å²) in [6.07, 6.45) is 1.27. The number of nitriles is 2. The zero-order valence-electron chi connectivity index (χ0n) is 21.8. The highest BCUT2D eigenvalue weighted by atomic mass is 16.6. The number of hydrogen-bond donors (Lipinski definition) is 1. The molecular weight excluding hydrogens is 472 g/mol. The second kappa shape index (κ2) is 10.4. The predicted molar refractivity (Wildman–Crippen MR) is 134 cm³/mol. The smallest absolute Gasteiger partial charge is 0.408 e. The van der Waals surface area contributed by atoms with Gasteiger partial charge in [-0.05, 0) is 64.7 Å². The van der Waals surface area contributed by atoms with Crippen LogP contribution >= 0.6 is 0 Å². The normalized spacial score (nSPS) is 24.9. The molecule has 37 heavy (non-hydrogen) atoms. The van der Waals surface area contributed by atoms with Gasteiger partial charge in [0.15, 0.2) is 0 Å². The summed E-state index contributed by atoms with van der Waals surface area (Å²) in [6.45, 7) is 8.39. The summed E-state index contributed by atoms with van der Waals surface area (Å²) >= 11 is 0. The highest BCUT2D eigenvalue weighted by Gasteiger charge is 2.52. The van der Waals surface area contributed by atoms with E-state index in [-0.39, 0.29) is 30.4 Å². The number of rotatable bonds is 6. The summed E-state index contributed by atoms with van der Waals surface area (Å²) in [7, 11) is 0. The molecule has 3 aliphatic rings. The summed E-state index contributed by atoms with van der Waals surface area (Å²) in [5.41, 5.74) is 0.723. The van der Waals surface area contributed by atoms with Crippen molar-refractivity contribution < 1.29 is 19.1 Å². The molecule has 2 bridgehead atoms. The maximum Gasteiger partial charge on any atom is 0.408 e. The van der Waals surface area contributed by atoms with E-state index in [9.17, 15) is 24.9 Å². The Labute approximate surface area is 217 Å². The molecule has 0 aromatic heterocycles. The minimum absolute atomic E-state index is 0.0225. The number of carbonyl (C=O) groups is 3. The molecule has 1 aromatic rings. The Balaban J connectivity index is 1.48. The minimum Gasteiger partial charge on any atom is -0.444 e. The van der Waals surface area contributed by atoms with Crippen LogP contribution in [0.5, 0.6) is 0 Å². The van der Waals surface area contributed by atoms with Gasteiger partial charge in [0.1, 0.15) is 17.7 Å². The molecular formula is C27H34N6O4. The summed E-state index contributed by atoms with van der Waals surface area (Å²) < 4.78 is 5.40. The third-order valence-corrected chi connectivity index (χ3v) is 7.32. The van der Waals surface area contributed by atoms with Crippen LogP contribution in [0.15, 0.2) is 24.3 Å². The van der Waals surface area contributed by atoms with Gasteiger partial charge >= 0.3 is 6.09 Å². The van der Waals surface area contributed by atoms with Crippen LogP contribution < -0.4 is 5.32 Å². The largest absolute Gasteiger partial charge is 0.444 e. The topological polar surface area (TPSA) is 130 Å². The Bertz CT molecular complexity index is 1150. The van der Waals surface area contributed by atoms with Crippen molar-refractivity contribution in [2.75, 3.05) is 19.6 Å². The van der Waals surface area contributed by atoms with Gasteiger partial charge in [-0.25, -0.2) is 4.79 Å². The number of piperazine rings is 1. The summed E-state index contributed by atoms with van der Waals surface area (Å²) in [5, 5.41) is 21.4. The number of likely N-dealkylation sites (tertiary alicyclic amines) is 3. The number of ether oxygens (including phenoxy) is 1. The van der Waals surface area contributed by atoms with Crippen LogP contribution in [0.4, 0.5) is 4.79 Å². The summed E-state index contributed by atoms with van der Waals surface area (Å²) in [6, 6.07) is 9.54. The molecule has 0 radical (unpaired) electrons. The van der Waals surface area contributed by atoms with E-state index in [0.717, 1.165) is 12.0 Å². The molecule has 3 aliphatic heterocycles. The fourth-order valence-electron chi connectivity index (χ4n) is 5.66. The maximum atomic E-state index is 13.5. The first-order valence-electron chi connectivity index (χ1n) is 12.8. The first kappa shape index (κ1) is 26.4. The number of amides is 3. The zero-order chi connectivity index (χ0) is 26.9. The van der Waals surface area contributed by atoms with Gasteiger partial charge in [-0.1, -0.05) is 12.1 Å². The van der Waals surface area contributed by atoms with Crippen molar-refractivity contribution in [3.63, 3.8) is 0 Å². The van der Waals surface area contributed by atoms with E-state index in [1.54, 1.807) is 26.8 Å². The molecule has 3 heterocycles. The lowest BCUT2D eigenvalue weighted by Crippen LogP contribution is -2.59. The van der Waals surface area contributed by atoms with Crippen molar-refractivity contribution >= 4 is 17.9 Å². The van der Waals surface area contributed by atoms with Gasteiger partial charge in [0, 0.05) is 25.7 Å². The molecule has 3 saturated heterocycles. The monoisotopic (exact) mass is 506 g/mol. The number of alkyl carbamates (subject to hydrolysis) is 1. The average Bonchev–Trinajstić information content (AvgIpc) is 3.56. The molecule has 10 nitrogen and oxygen atoms in total. The second-order valence-electron chi connectivity index (χ2n) is 11.0. The molecule has 4 rings (SSSR count). The zero-order valence-corrected chi connectivity index (χ0v) is 21.8. The fraction of sp³-hybridized carbons (Fsp3) is 0.593. The van der Waals surface area contributed by atoms with Crippen LogP contribution in [0, 0.1) is 22.7 Å². The van der Waals surface area contributed by atoms with Crippen molar-refractivity contribution in [2.45, 2.75) is 82.8 Å². The minimum atomic E-state index is -0.936. The Morgan fingerprint density at radius 1 is 1.27 bits per heavy atom. The molecule has 196 valence electrons. The lowest BCUT2D eigenvalue weighted by molar-refractivity contribution is -0.141. The molecule has 0 aliphatic carbocycles. The van der Waals surface area contributed by atoms with Crippen molar-refractivity contribution in [2.24, 2.45) is 0 Å². The first-order chi connectivity index (χ1) is 17.5. The highest BCUT2D eigenvalue weighted by Crippen LogP contribution is 2.38. The summed E-state index contributed by atoms with van der Waals surface area (Å²) in [4.78, 5) is 44.9. The van der Waals surface area contributed by atoms with E-state index in [1.165, 1.54) is 4.90 Å². The number of hydrogen-bond acceptors (Lipinski definition) is 7. The molecule has 1 unspecified atom stereocenters. The van der Waals surface area contributed by atoms with E-state index in [2.05, 4.69) is 17.5 Å². The van der Waals surface area contributed by atoms with E-state index in [4.69, 9.17) is 4.74 Å². The molecule has 5 atom stereocenters. The van der Waals surface area contributed by atoms with E-state index in [0.29, 0.717) is 31.5 Å². The van der Waals surface area contributed by atoms with Gasteiger partial charge < -0.3 is 19.9 Å². The van der Waals surface area contributed by atoms with Gasteiger partial charge in [0.25, 0.3) is 0 Å². The van der Waals surface area contributed by atoms with Crippen LogP contribution in [-0.4, -0.2) is 82.0 Å². The SMILES string of the molecule is CC(c1cccc(C#N)c1)N1C(=O)[C@@H]2C[C@H]1CN2C[C@H](NC(=O)OC(C)(C)C)C(=O)N1CCC[C@H]1C#N. The lowest BCUT2D eigenvalue weighted by atomic mass is 10.0. The molecule has 10 heteroatoms. The quantitative estimate of drug-likeness (QED) is 0.627. The Kier molecular flexibility index (Phi) is 7.42. The number of fused-ring (bicyclic) bond motifs is 2. The third-order valence-electron chi connectivity index (χ3n) is 7.32. The first-order valence-corrected chi connectivity index (χ1v) is 12.8. The number of nitrogens with one attached hydrogen (secondary N) is 1. The van der Waals surface area contributed by atoms with Crippen LogP contribution in [0.1, 0.15) is 64.1 Å². The summed E-state index contributed by atoms with van der Waals surface area (Å²) in [5.74, 6) is -0.352.